The Bertz CT molecular complexity index is 444. The van der Waals surface area contributed by atoms with Crippen molar-refractivity contribution in [1.82, 2.24) is 9.80 Å². The molecule has 2 N–H and O–H groups in total. The van der Waals surface area contributed by atoms with Gasteiger partial charge in [-0.25, -0.2) is 0 Å². The number of rotatable bonds is 2. The zero-order valence-electron chi connectivity index (χ0n) is 10.4. The SMILES string of the molecule is CC1CN(C=O)CCN1C(=O)c1ccc(N)cc1. The van der Waals surface area contributed by atoms with Crippen molar-refractivity contribution in [3.8, 4) is 0 Å². The first kappa shape index (κ1) is 12.4. The number of nitrogens with two attached hydrogens (primary N) is 1. The van der Waals surface area contributed by atoms with Crippen molar-refractivity contribution in [1.29, 1.82) is 0 Å². The Morgan fingerprint density at radius 2 is 2.00 bits per heavy atom. The summed E-state index contributed by atoms with van der Waals surface area (Å²) in [6.45, 7) is 3.70. The lowest BCUT2D eigenvalue weighted by atomic mass is 10.1. The quantitative estimate of drug-likeness (QED) is 0.614. The number of nitrogens with zero attached hydrogens (tertiary/aromatic N) is 2. The van der Waals surface area contributed by atoms with E-state index in [2.05, 4.69) is 0 Å². The van der Waals surface area contributed by atoms with E-state index in [1.807, 2.05) is 6.92 Å². The van der Waals surface area contributed by atoms with Gasteiger partial charge in [0, 0.05) is 36.9 Å². The number of nitrogen functional groups attached to an aromatic ring is 1. The smallest absolute Gasteiger partial charge is 0.254 e. The van der Waals surface area contributed by atoms with Crippen LogP contribution in [0, 0.1) is 0 Å². The Kier molecular flexibility index (Phi) is 3.50. The molecule has 1 aliphatic heterocycles. The number of benzene rings is 1. The molecule has 0 radical (unpaired) electrons. The number of hydrogen-bond donors (Lipinski definition) is 1. The first-order valence-corrected chi connectivity index (χ1v) is 5.97. The Balaban J connectivity index is 2.10. The van der Waals surface area contributed by atoms with Crippen LogP contribution < -0.4 is 5.73 Å². The van der Waals surface area contributed by atoms with Gasteiger partial charge in [-0.2, -0.15) is 0 Å². The fourth-order valence-electron chi connectivity index (χ4n) is 2.17. The number of hydrogen-bond acceptors (Lipinski definition) is 3. The molecule has 2 amide bonds. The molecule has 96 valence electrons. The monoisotopic (exact) mass is 247 g/mol. The van der Waals surface area contributed by atoms with Crippen molar-refractivity contribution in [2.24, 2.45) is 0 Å². The van der Waals surface area contributed by atoms with Gasteiger partial charge in [-0.15, -0.1) is 0 Å². The van der Waals surface area contributed by atoms with E-state index in [-0.39, 0.29) is 11.9 Å². The largest absolute Gasteiger partial charge is 0.399 e. The first-order chi connectivity index (χ1) is 8.61. The van der Waals surface area contributed by atoms with Gasteiger partial charge < -0.3 is 15.5 Å². The highest BCUT2D eigenvalue weighted by molar-refractivity contribution is 5.94. The van der Waals surface area contributed by atoms with E-state index < -0.39 is 0 Å². The standard InChI is InChI=1S/C13H17N3O2/c1-10-8-15(9-17)6-7-16(10)13(18)11-2-4-12(14)5-3-11/h2-5,9-10H,6-8,14H2,1H3. The maximum Gasteiger partial charge on any atom is 0.254 e. The fourth-order valence-corrected chi connectivity index (χ4v) is 2.17. The van der Waals surface area contributed by atoms with Crippen molar-refractivity contribution in [2.45, 2.75) is 13.0 Å². The van der Waals surface area contributed by atoms with E-state index in [0.717, 1.165) is 6.41 Å². The second kappa shape index (κ2) is 5.08. The molecule has 1 aromatic carbocycles. The van der Waals surface area contributed by atoms with Crippen molar-refractivity contribution in [3.63, 3.8) is 0 Å². The van der Waals surface area contributed by atoms with Gasteiger partial charge in [0.2, 0.25) is 6.41 Å². The number of piperazine rings is 1. The Hall–Kier alpha value is -2.04. The van der Waals surface area contributed by atoms with E-state index in [4.69, 9.17) is 5.73 Å². The second-order valence-electron chi connectivity index (χ2n) is 4.57. The molecule has 1 heterocycles. The van der Waals surface area contributed by atoms with E-state index in [9.17, 15) is 9.59 Å². The third-order valence-electron chi connectivity index (χ3n) is 3.23. The molecule has 1 aromatic rings. The minimum atomic E-state index is -0.00644. The molecule has 18 heavy (non-hydrogen) atoms. The molecule has 1 saturated heterocycles. The molecule has 2 rings (SSSR count). The summed E-state index contributed by atoms with van der Waals surface area (Å²) in [6, 6.07) is 6.94. The molecule has 0 saturated carbocycles. The molecule has 5 heteroatoms. The fraction of sp³-hybridized carbons (Fsp3) is 0.385. The number of carbonyl (C=O) groups is 2. The Labute approximate surface area is 106 Å². The molecule has 5 nitrogen and oxygen atoms in total. The summed E-state index contributed by atoms with van der Waals surface area (Å²) in [4.78, 5) is 26.5. The third-order valence-corrected chi connectivity index (χ3v) is 3.23. The lowest BCUT2D eigenvalue weighted by molar-refractivity contribution is -0.120. The van der Waals surface area contributed by atoms with Crippen LogP contribution in [0.25, 0.3) is 0 Å². The molecule has 0 spiro atoms. The van der Waals surface area contributed by atoms with Gasteiger partial charge in [-0.05, 0) is 31.2 Å². The van der Waals surface area contributed by atoms with Gasteiger partial charge in [-0.1, -0.05) is 0 Å². The summed E-state index contributed by atoms with van der Waals surface area (Å²) < 4.78 is 0. The average Bonchev–Trinajstić information content (AvgIpc) is 2.38. The van der Waals surface area contributed by atoms with Crippen LogP contribution in [0.15, 0.2) is 24.3 Å². The van der Waals surface area contributed by atoms with Crippen LogP contribution in [0.5, 0.6) is 0 Å². The number of anilines is 1. The summed E-state index contributed by atoms with van der Waals surface area (Å²) in [5.74, 6) is -0.00644. The minimum absolute atomic E-state index is 0.00644. The van der Waals surface area contributed by atoms with Crippen LogP contribution >= 0.6 is 0 Å². The van der Waals surface area contributed by atoms with Gasteiger partial charge in [0.05, 0.1) is 0 Å². The molecule has 1 aliphatic rings. The summed E-state index contributed by atoms with van der Waals surface area (Å²) >= 11 is 0. The van der Waals surface area contributed by atoms with E-state index in [0.29, 0.717) is 30.9 Å². The summed E-state index contributed by atoms with van der Waals surface area (Å²) in [5.41, 5.74) is 6.88. The maximum atomic E-state index is 12.3. The Morgan fingerprint density at radius 1 is 1.33 bits per heavy atom. The van der Waals surface area contributed by atoms with Gasteiger partial charge in [0.15, 0.2) is 0 Å². The van der Waals surface area contributed by atoms with Crippen molar-refractivity contribution >= 4 is 18.0 Å². The first-order valence-electron chi connectivity index (χ1n) is 5.97. The topological polar surface area (TPSA) is 66.6 Å². The molecular weight excluding hydrogens is 230 g/mol. The molecule has 0 bridgehead atoms. The highest BCUT2D eigenvalue weighted by Crippen LogP contribution is 2.14. The predicted octanol–water partition coefficient (Wildman–Crippen LogP) is 0.571. The van der Waals surface area contributed by atoms with Gasteiger partial charge in [0.25, 0.3) is 5.91 Å². The Morgan fingerprint density at radius 3 is 2.56 bits per heavy atom. The van der Waals surface area contributed by atoms with Gasteiger partial charge >= 0.3 is 0 Å². The molecule has 1 fully saturated rings. The van der Waals surface area contributed by atoms with Gasteiger partial charge in [0.1, 0.15) is 0 Å². The van der Waals surface area contributed by atoms with E-state index >= 15 is 0 Å². The summed E-state index contributed by atoms with van der Waals surface area (Å²) in [5, 5.41) is 0. The lowest BCUT2D eigenvalue weighted by Crippen LogP contribution is -2.53. The van der Waals surface area contributed by atoms with Crippen LogP contribution in [0.2, 0.25) is 0 Å². The minimum Gasteiger partial charge on any atom is -0.399 e. The number of carbonyl (C=O) groups excluding carboxylic acids is 2. The van der Waals surface area contributed by atoms with Crippen LogP contribution in [-0.2, 0) is 4.79 Å². The summed E-state index contributed by atoms with van der Waals surface area (Å²) in [7, 11) is 0. The highest BCUT2D eigenvalue weighted by Gasteiger charge is 2.27. The highest BCUT2D eigenvalue weighted by atomic mass is 16.2. The normalized spacial score (nSPS) is 19.7. The van der Waals surface area contributed by atoms with Crippen LogP contribution in [0.4, 0.5) is 5.69 Å². The molecule has 1 atom stereocenters. The maximum absolute atomic E-state index is 12.3. The molecule has 1 unspecified atom stereocenters. The molecular formula is C13H17N3O2. The van der Waals surface area contributed by atoms with Crippen LogP contribution in [-0.4, -0.2) is 47.8 Å². The zero-order valence-corrected chi connectivity index (χ0v) is 10.4. The van der Waals surface area contributed by atoms with Crippen LogP contribution in [0.1, 0.15) is 17.3 Å². The van der Waals surface area contributed by atoms with Crippen molar-refractivity contribution < 1.29 is 9.59 Å². The van der Waals surface area contributed by atoms with Crippen molar-refractivity contribution in [2.75, 3.05) is 25.4 Å². The van der Waals surface area contributed by atoms with Crippen molar-refractivity contribution in [3.05, 3.63) is 29.8 Å². The predicted molar refractivity (Wildman–Crippen MR) is 69.0 cm³/mol. The van der Waals surface area contributed by atoms with Gasteiger partial charge in [-0.3, -0.25) is 9.59 Å². The average molecular weight is 247 g/mol. The molecule has 0 aliphatic carbocycles. The lowest BCUT2D eigenvalue weighted by Gasteiger charge is -2.38. The zero-order chi connectivity index (χ0) is 13.1. The second-order valence-corrected chi connectivity index (χ2v) is 4.57. The number of amides is 2. The van der Waals surface area contributed by atoms with Crippen LogP contribution in [0.3, 0.4) is 0 Å². The summed E-state index contributed by atoms with van der Waals surface area (Å²) in [6.07, 6.45) is 0.835. The van der Waals surface area contributed by atoms with E-state index in [1.165, 1.54) is 0 Å². The molecule has 0 aromatic heterocycles. The third kappa shape index (κ3) is 2.45. The van der Waals surface area contributed by atoms with E-state index in [1.54, 1.807) is 34.1 Å².